The molecule has 0 aliphatic carbocycles. The lowest BCUT2D eigenvalue weighted by molar-refractivity contribution is -0.120. The first-order valence-electron chi connectivity index (χ1n) is 7.52. The van der Waals surface area contributed by atoms with Gasteiger partial charge in [-0.25, -0.2) is 13.1 Å². The van der Waals surface area contributed by atoms with E-state index in [9.17, 15) is 13.2 Å². The molecule has 23 heavy (non-hydrogen) atoms. The molecule has 0 bridgehead atoms. The molecule has 1 amide bonds. The Labute approximate surface area is 137 Å². The maximum absolute atomic E-state index is 12.3. The molecular formula is C15H25N3O4S. The average Bonchev–Trinajstić information content (AvgIpc) is 2.56. The summed E-state index contributed by atoms with van der Waals surface area (Å²) in [7, 11) is -0.259. The van der Waals surface area contributed by atoms with Crippen LogP contribution in [0.3, 0.4) is 0 Å². The van der Waals surface area contributed by atoms with Gasteiger partial charge in [0.25, 0.3) is 0 Å². The van der Waals surface area contributed by atoms with Crippen LogP contribution in [-0.2, 0) is 21.4 Å². The van der Waals surface area contributed by atoms with E-state index in [4.69, 9.17) is 4.74 Å². The van der Waals surface area contributed by atoms with Gasteiger partial charge in [0.15, 0.2) is 0 Å². The zero-order chi connectivity index (χ0) is 17.3. The van der Waals surface area contributed by atoms with Crippen LogP contribution in [0.1, 0.15) is 25.3 Å². The average molecular weight is 343 g/mol. The highest BCUT2D eigenvalue weighted by atomic mass is 32.2. The number of hydrogen-bond acceptors (Lipinski definition) is 5. The van der Waals surface area contributed by atoms with Crippen molar-refractivity contribution in [2.45, 2.75) is 31.2 Å². The van der Waals surface area contributed by atoms with E-state index in [1.54, 1.807) is 13.0 Å². The number of nitrogens with one attached hydrogen (secondary N) is 3. The number of carbonyl (C=O) groups is 1. The van der Waals surface area contributed by atoms with Crippen molar-refractivity contribution in [2.75, 3.05) is 27.2 Å². The summed E-state index contributed by atoms with van der Waals surface area (Å²) in [5.41, 5.74) is 0.618. The molecule has 0 saturated heterocycles. The molecule has 1 aromatic rings. The van der Waals surface area contributed by atoms with E-state index in [1.165, 1.54) is 19.2 Å². The van der Waals surface area contributed by atoms with Crippen LogP contribution in [0.2, 0.25) is 0 Å². The zero-order valence-electron chi connectivity index (χ0n) is 13.8. The molecule has 1 aromatic carbocycles. The van der Waals surface area contributed by atoms with E-state index in [0.29, 0.717) is 30.7 Å². The summed E-state index contributed by atoms with van der Waals surface area (Å²) in [4.78, 5) is 11.5. The van der Waals surface area contributed by atoms with Gasteiger partial charge in [-0.1, -0.05) is 6.92 Å². The van der Waals surface area contributed by atoms with Gasteiger partial charge in [-0.15, -0.1) is 0 Å². The third-order valence-corrected chi connectivity index (χ3v) is 4.71. The van der Waals surface area contributed by atoms with Crippen LogP contribution < -0.4 is 20.1 Å². The molecular weight excluding hydrogens is 318 g/mol. The fourth-order valence-corrected chi connectivity index (χ4v) is 3.06. The number of sulfonamides is 1. The minimum absolute atomic E-state index is 0.106. The Balaban J connectivity index is 2.88. The smallest absolute Gasteiger partial charge is 0.240 e. The molecule has 130 valence electrons. The summed E-state index contributed by atoms with van der Waals surface area (Å²) < 4.78 is 32.3. The summed E-state index contributed by atoms with van der Waals surface area (Å²) in [6, 6.07) is 4.61. The third-order valence-electron chi connectivity index (χ3n) is 3.25. The maximum atomic E-state index is 12.3. The lowest BCUT2D eigenvalue weighted by Gasteiger charge is -2.12. The minimum atomic E-state index is -3.58. The highest BCUT2D eigenvalue weighted by molar-refractivity contribution is 7.89. The first-order chi connectivity index (χ1) is 10.9. The summed E-state index contributed by atoms with van der Waals surface area (Å²) in [5, 5.41) is 5.68. The molecule has 0 aliphatic rings. The molecule has 0 radical (unpaired) electrons. The van der Waals surface area contributed by atoms with E-state index < -0.39 is 10.0 Å². The lowest BCUT2D eigenvalue weighted by Crippen LogP contribution is -2.27. The van der Waals surface area contributed by atoms with Crippen molar-refractivity contribution >= 4 is 15.9 Å². The van der Waals surface area contributed by atoms with Crippen molar-refractivity contribution in [2.24, 2.45) is 0 Å². The molecule has 0 spiro atoms. The van der Waals surface area contributed by atoms with Gasteiger partial charge in [0, 0.05) is 25.1 Å². The second kappa shape index (κ2) is 9.49. The quantitative estimate of drug-likeness (QED) is 0.541. The molecule has 8 heteroatoms. The van der Waals surface area contributed by atoms with Gasteiger partial charge in [-0.05, 0) is 38.2 Å². The molecule has 1 rings (SSSR count). The predicted molar refractivity (Wildman–Crippen MR) is 88.9 cm³/mol. The van der Waals surface area contributed by atoms with E-state index in [1.807, 2.05) is 7.05 Å². The fourth-order valence-electron chi connectivity index (χ4n) is 1.93. The van der Waals surface area contributed by atoms with Crippen LogP contribution in [0.4, 0.5) is 0 Å². The van der Waals surface area contributed by atoms with Crippen molar-refractivity contribution in [1.29, 1.82) is 0 Å². The van der Waals surface area contributed by atoms with Crippen LogP contribution in [0.25, 0.3) is 0 Å². The largest absolute Gasteiger partial charge is 0.496 e. The van der Waals surface area contributed by atoms with Gasteiger partial charge < -0.3 is 15.4 Å². The number of benzene rings is 1. The molecule has 0 heterocycles. The standard InChI is InChI=1S/C15H25N3O4S/c1-4-15(19)17-11-12-10-13(6-7-14(12)22-3)23(20,21)18-9-5-8-16-2/h6-7,10,16,18H,4-5,8-9,11H2,1-3H3,(H,17,19). The summed E-state index contributed by atoms with van der Waals surface area (Å²) in [6.07, 6.45) is 1.07. The molecule has 0 saturated carbocycles. The monoisotopic (exact) mass is 343 g/mol. The van der Waals surface area contributed by atoms with Crippen molar-refractivity contribution in [1.82, 2.24) is 15.4 Å². The van der Waals surface area contributed by atoms with Gasteiger partial charge in [-0.3, -0.25) is 4.79 Å². The highest BCUT2D eigenvalue weighted by Gasteiger charge is 2.16. The van der Waals surface area contributed by atoms with Gasteiger partial charge in [0.05, 0.1) is 12.0 Å². The minimum Gasteiger partial charge on any atom is -0.496 e. The third kappa shape index (κ3) is 6.17. The van der Waals surface area contributed by atoms with Gasteiger partial charge in [0.1, 0.15) is 5.75 Å². The summed E-state index contributed by atoms with van der Waals surface area (Å²) in [5.74, 6) is 0.432. The Hall–Kier alpha value is -1.64. The Bertz CT molecular complexity index is 617. The van der Waals surface area contributed by atoms with Crippen LogP contribution in [0.15, 0.2) is 23.1 Å². The van der Waals surface area contributed by atoms with Crippen LogP contribution in [0.5, 0.6) is 5.75 Å². The number of carbonyl (C=O) groups excluding carboxylic acids is 1. The number of methoxy groups -OCH3 is 1. The molecule has 0 fully saturated rings. The first kappa shape index (κ1) is 19.4. The van der Waals surface area contributed by atoms with E-state index in [0.717, 1.165) is 6.54 Å². The van der Waals surface area contributed by atoms with Crippen LogP contribution >= 0.6 is 0 Å². The highest BCUT2D eigenvalue weighted by Crippen LogP contribution is 2.22. The molecule has 0 atom stereocenters. The number of amides is 1. The Kier molecular flexibility index (Phi) is 8.01. The van der Waals surface area contributed by atoms with Crippen molar-refractivity contribution in [3.8, 4) is 5.75 Å². The fraction of sp³-hybridized carbons (Fsp3) is 0.533. The Morgan fingerprint density at radius 3 is 2.61 bits per heavy atom. The Morgan fingerprint density at radius 1 is 1.26 bits per heavy atom. The van der Waals surface area contributed by atoms with Crippen molar-refractivity contribution in [3.05, 3.63) is 23.8 Å². The summed E-state index contributed by atoms with van der Waals surface area (Å²) >= 11 is 0. The second-order valence-corrected chi connectivity index (χ2v) is 6.73. The molecule has 3 N–H and O–H groups in total. The van der Waals surface area contributed by atoms with Gasteiger partial charge in [0.2, 0.25) is 15.9 Å². The number of ether oxygens (including phenoxy) is 1. The predicted octanol–water partition coefficient (Wildman–Crippen LogP) is 0.609. The van der Waals surface area contributed by atoms with Gasteiger partial charge >= 0.3 is 0 Å². The van der Waals surface area contributed by atoms with Crippen molar-refractivity contribution in [3.63, 3.8) is 0 Å². The molecule has 0 aliphatic heterocycles. The lowest BCUT2D eigenvalue weighted by atomic mass is 10.2. The molecule has 7 nitrogen and oxygen atoms in total. The number of hydrogen-bond donors (Lipinski definition) is 3. The first-order valence-corrected chi connectivity index (χ1v) is 9.00. The van der Waals surface area contributed by atoms with Crippen molar-refractivity contribution < 1.29 is 17.9 Å². The zero-order valence-corrected chi connectivity index (χ0v) is 14.6. The van der Waals surface area contributed by atoms with Gasteiger partial charge in [-0.2, -0.15) is 0 Å². The summed E-state index contributed by atoms with van der Waals surface area (Å²) in [6.45, 7) is 3.07. The van der Waals surface area contributed by atoms with E-state index >= 15 is 0 Å². The molecule has 0 aromatic heterocycles. The van der Waals surface area contributed by atoms with E-state index in [2.05, 4.69) is 15.4 Å². The normalized spacial score (nSPS) is 11.3. The Morgan fingerprint density at radius 2 is 2.00 bits per heavy atom. The SMILES string of the molecule is CCC(=O)NCc1cc(S(=O)(=O)NCCCNC)ccc1OC. The van der Waals surface area contributed by atoms with E-state index in [-0.39, 0.29) is 17.3 Å². The topological polar surface area (TPSA) is 96.5 Å². The maximum Gasteiger partial charge on any atom is 0.240 e. The molecule has 0 unspecified atom stereocenters. The number of rotatable bonds is 10. The van der Waals surface area contributed by atoms with Crippen LogP contribution in [-0.4, -0.2) is 41.6 Å². The second-order valence-electron chi connectivity index (χ2n) is 4.96. The van der Waals surface area contributed by atoms with Crippen LogP contribution in [0, 0.1) is 0 Å².